The molecular weight excluding hydrogens is 202 g/mol. The predicted octanol–water partition coefficient (Wildman–Crippen LogP) is 2.39. The van der Waals surface area contributed by atoms with Gasteiger partial charge in [-0.05, 0) is 23.8 Å². The Labute approximate surface area is 94.3 Å². The summed E-state index contributed by atoms with van der Waals surface area (Å²) in [5, 5.41) is 9.35. The number of methoxy groups -OCH3 is 1. The molecule has 0 aliphatic heterocycles. The van der Waals surface area contributed by atoms with Crippen LogP contribution in [-0.2, 0) is 6.42 Å². The first kappa shape index (κ1) is 10.5. The minimum Gasteiger partial charge on any atom is -0.508 e. The maximum atomic E-state index is 9.35. The fourth-order valence-corrected chi connectivity index (χ4v) is 1.55. The lowest BCUT2D eigenvalue weighted by Gasteiger charge is -2.04. The molecule has 0 amide bonds. The first-order chi connectivity index (χ1) is 7.78. The van der Waals surface area contributed by atoms with Gasteiger partial charge in [-0.15, -0.1) is 0 Å². The van der Waals surface area contributed by atoms with Gasteiger partial charge in [0.05, 0.1) is 7.11 Å². The molecule has 82 valence electrons. The second-order valence-electron chi connectivity index (χ2n) is 3.52. The lowest BCUT2D eigenvalue weighted by molar-refractivity contribution is 0.396. The van der Waals surface area contributed by atoms with Crippen molar-refractivity contribution >= 4 is 0 Å². The summed E-state index contributed by atoms with van der Waals surface area (Å²) in [6.45, 7) is 0. The molecule has 1 N–H and O–H groups in total. The van der Waals surface area contributed by atoms with Crippen molar-refractivity contribution in [1.29, 1.82) is 0 Å². The third-order valence-corrected chi connectivity index (χ3v) is 2.29. The maximum Gasteiger partial charge on any atom is 0.213 e. The number of aromatic nitrogens is 1. The first-order valence-corrected chi connectivity index (χ1v) is 5.06. The Hall–Kier alpha value is -2.03. The average molecular weight is 215 g/mol. The number of nitrogens with zero attached hydrogens (tertiary/aromatic N) is 1. The minimum atomic E-state index is 0.278. The van der Waals surface area contributed by atoms with E-state index in [0.717, 1.165) is 11.3 Å². The normalized spacial score (nSPS) is 10.1. The third kappa shape index (κ3) is 2.51. The predicted molar refractivity (Wildman–Crippen MR) is 61.7 cm³/mol. The number of rotatable bonds is 3. The molecule has 0 fully saturated rings. The van der Waals surface area contributed by atoms with Crippen molar-refractivity contribution in [1.82, 2.24) is 4.98 Å². The van der Waals surface area contributed by atoms with E-state index in [1.807, 2.05) is 30.3 Å². The number of pyridine rings is 1. The molecule has 0 bridgehead atoms. The van der Waals surface area contributed by atoms with Crippen molar-refractivity contribution in [2.75, 3.05) is 7.11 Å². The first-order valence-electron chi connectivity index (χ1n) is 5.06. The highest BCUT2D eigenvalue weighted by molar-refractivity contribution is 5.30. The van der Waals surface area contributed by atoms with Crippen LogP contribution < -0.4 is 4.74 Å². The summed E-state index contributed by atoms with van der Waals surface area (Å²) in [7, 11) is 1.60. The van der Waals surface area contributed by atoms with Crippen LogP contribution in [0.2, 0.25) is 0 Å². The van der Waals surface area contributed by atoms with Crippen LogP contribution in [0.3, 0.4) is 0 Å². The van der Waals surface area contributed by atoms with E-state index < -0.39 is 0 Å². The van der Waals surface area contributed by atoms with E-state index in [2.05, 4.69) is 4.98 Å². The second kappa shape index (κ2) is 4.66. The van der Waals surface area contributed by atoms with Gasteiger partial charge in [0.1, 0.15) is 5.75 Å². The van der Waals surface area contributed by atoms with Gasteiger partial charge in [-0.2, -0.15) is 0 Å². The number of hydrogen-bond donors (Lipinski definition) is 1. The van der Waals surface area contributed by atoms with Crippen LogP contribution in [0.1, 0.15) is 11.3 Å². The lowest BCUT2D eigenvalue weighted by atomic mass is 10.1. The standard InChI is InChI=1S/C13H13NO2/c1-16-13-7-3-5-11(14-13)8-10-4-2-6-12(15)9-10/h2-7,9,15H,8H2,1H3. The van der Waals surface area contributed by atoms with Crippen molar-refractivity contribution in [3.05, 3.63) is 53.7 Å². The Balaban J connectivity index is 2.20. The molecular formula is C13H13NO2. The van der Waals surface area contributed by atoms with Gasteiger partial charge in [0.25, 0.3) is 0 Å². The van der Waals surface area contributed by atoms with Gasteiger partial charge in [-0.3, -0.25) is 0 Å². The summed E-state index contributed by atoms with van der Waals surface area (Å²) >= 11 is 0. The molecule has 0 atom stereocenters. The SMILES string of the molecule is COc1cccc(Cc2cccc(O)c2)n1. The maximum absolute atomic E-state index is 9.35. The zero-order valence-electron chi connectivity index (χ0n) is 9.05. The second-order valence-corrected chi connectivity index (χ2v) is 3.52. The molecule has 3 heteroatoms. The molecule has 0 radical (unpaired) electrons. The van der Waals surface area contributed by atoms with E-state index >= 15 is 0 Å². The molecule has 1 aromatic carbocycles. The third-order valence-electron chi connectivity index (χ3n) is 2.29. The fourth-order valence-electron chi connectivity index (χ4n) is 1.55. The number of phenolic OH excluding ortho intramolecular Hbond substituents is 1. The van der Waals surface area contributed by atoms with Gasteiger partial charge in [0, 0.05) is 18.2 Å². The number of ether oxygens (including phenoxy) is 1. The summed E-state index contributed by atoms with van der Waals surface area (Å²) in [6, 6.07) is 12.8. The number of aromatic hydroxyl groups is 1. The van der Waals surface area contributed by atoms with Crippen molar-refractivity contribution in [2.24, 2.45) is 0 Å². The highest BCUT2D eigenvalue weighted by Crippen LogP contribution is 2.15. The van der Waals surface area contributed by atoms with E-state index in [9.17, 15) is 5.11 Å². The molecule has 2 rings (SSSR count). The van der Waals surface area contributed by atoms with Crippen LogP contribution in [0.15, 0.2) is 42.5 Å². The van der Waals surface area contributed by atoms with Crippen molar-refractivity contribution in [3.8, 4) is 11.6 Å². The Morgan fingerprint density at radius 2 is 2.00 bits per heavy atom. The Morgan fingerprint density at radius 3 is 2.75 bits per heavy atom. The van der Waals surface area contributed by atoms with Crippen LogP contribution in [0.5, 0.6) is 11.6 Å². The Morgan fingerprint density at radius 1 is 1.19 bits per heavy atom. The van der Waals surface area contributed by atoms with Crippen molar-refractivity contribution < 1.29 is 9.84 Å². The molecule has 0 saturated heterocycles. The molecule has 0 aliphatic rings. The van der Waals surface area contributed by atoms with E-state index in [1.165, 1.54) is 0 Å². The monoisotopic (exact) mass is 215 g/mol. The van der Waals surface area contributed by atoms with Gasteiger partial charge >= 0.3 is 0 Å². The van der Waals surface area contributed by atoms with E-state index in [1.54, 1.807) is 19.2 Å². The van der Waals surface area contributed by atoms with E-state index in [-0.39, 0.29) is 5.75 Å². The quantitative estimate of drug-likeness (QED) is 0.854. The van der Waals surface area contributed by atoms with E-state index in [0.29, 0.717) is 12.3 Å². The topological polar surface area (TPSA) is 42.4 Å². The highest BCUT2D eigenvalue weighted by atomic mass is 16.5. The van der Waals surface area contributed by atoms with Crippen LogP contribution >= 0.6 is 0 Å². The van der Waals surface area contributed by atoms with Crippen LogP contribution in [0, 0.1) is 0 Å². The van der Waals surface area contributed by atoms with Gasteiger partial charge in [-0.25, -0.2) is 4.98 Å². The fraction of sp³-hybridized carbons (Fsp3) is 0.154. The zero-order valence-corrected chi connectivity index (χ0v) is 9.05. The molecule has 1 heterocycles. The van der Waals surface area contributed by atoms with Crippen LogP contribution in [0.4, 0.5) is 0 Å². The largest absolute Gasteiger partial charge is 0.508 e. The summed E-state index contributed by atoms with van der Waals surface area (Å²) in [5.41, 5.74) is 1.95. The van der Waals surface area contributed by atoms with Gasteiger partial charge < -0.3 is 9.84 Å². The molecule has 3 nitrogen and oxygen atoms in total. The van der Waals surface area contributed by atoms with Gasteiger partial charge in [0.15, 0.2) is 0 Å². The zero-order chi connectivity index (χ0) is 11.4. The molecule has 16 heavy (non-hydrogen) atoms. The van der Waals surface area contributed by atoms with Crippen molar-refractivity contribution in [3.63, 3.8) is 0 Å². The number of phenols is 1. The average Bonchev–Trinajstić information content (AvgIpc) is 2.29. The van der Waals surface area contributed by atoms with Gasteiger partial charge in [-0.1, -0.05) is 18.2 Å². The van der Waals surface area contributed by atoms with Gasteiger partial charge in [0.2, 0.25) is 5.88 Å². The van der Waals surface area contributed by atoms with Crippen LogP contribution in [0.25, 0.3) is 0 Å². The van der Waals surface area contributed by atoms with Crippen molar-refractivity contribution in [2.45, 2.75) is 6.42 Å². The Kier molecular flexibility index (Phi) is 3.05. The summed E-state index contributed by atoms with van der Waals surface area (Å²) in [6.07, 6.45) is 0.686. The summed E-state index contributed by atoms with van der Waals surface area (Å²) < 4.78 is 5.06. The highest BCUT2D eigenvalue weighted by Gasteiger charge is 2.00. The molecule has 2 aromatic rings. The molecule has 0 spiro atoms. The molecule has 1 aromatic heterocycles. The summed E-state index contributed by atoms with van der Waals surface area (Å²) in [5.74, 6) is 0.887. The molecule has 0 aliphatic carbocycles. The smallest absolute Gasteiger partial charge is 0.213 e. The Bertz CT molecular complexity index is 483. The van der Waals surface area contributed by atoms with E-state index in [4.69, 9.17) is 4.74 Å². The summed E-state index contributed by atoms with van der Waals surface area (Å²) in [4.78, 5) is 4.31. The molecule has 0 saturated carbocycles. The minimum absolute atomic E-state index is 0.278. The number of hydrogen-bond acceptors (Lipinski definition) is 3. The molecule has 0 unspecified atom stereocenters. The number of benzene rings is 1. The van der Waals surface area contributed by atoms with Crippen LogP contribution in [-0.4, -0.2) is 17.2 Å². The lowest BCUT2D eigenvalue weighted by Crippen LogP contribution is -1.94.